The summed E-state index contributed by atoms with van der Waals surface area (Å²) in [7, 11) is 1.56. The third-order valence-corrected chi connectivity index (χ3v) is 6.42. The fourth-order valence-electron chi connectivity index (χ4n) is 3.68. The Kier molecular flexibility index (Phi) is 7.13. The van der Waals surface area contributed by atoms with Crippen molar-refractivity contribution in [3.63, 3.8) is 0 Å². The van der Waals surface area contributed by atoms with E-state index in [1.807, 2.05) is 0 Å². The fraction of sp³-hybridized carbons (Fsp3) is 0.115. The van der Waals surface area contributed by atoms with Crippen LogP contribution in [0.4, 0.5) is 14.5 Å². The van der Waals surface area contributed by atoms with Crippen LogP contribution in [0.25, 0.3) is 17.0 Å². The zero-order valence-corrected chi connectivity index (χ0v) is 20.6. The molecule has 12 heteroatoms. The molecule has 0 spiro atoms. The number of ether oxygens (including phenoxy) is 2. The molecule has 0 N–H and O–H groups in total. The minimum atomic E-state index is -2.97. The van der Waals surface area contributed by atoms with Crippen LogP contribution in [0, 0.1) is 0 Å². The lowest BCUT2D eigenvalue weighted by Crippen LogP contribution is -2.31. The average molecular weight is 536 g/mol. The summed E-state index contributed by atoms with van der Waals surface area (Å²) in [5, 5.41) is 8.76. The minimum Gasteiger partial charge on any atom is -0.497 e. The van der Waals surface area contributed by atoms with Crippen LogP contribution in [-0.4, -0.2) is 39.8 Å². The molecule has 0 saturated carbocycles. The van der Waals surface area contributed by atoms with Crippen LogP contribution >= 0.6 is 11.8 Å². The molecule has 0 unspecified atom stereocenters. The van der Waals surface area contributed by atoms with Gasteiger partial charge in [0.05, 0.1) is 24.1 Å². The second-order valence-electron chi connectivity index (χ2n) is 7.89. The largest absolute Gasteiger partial charge is 0.497 e. The molecule has 38 heavy (non-hydrogen) atoms. The van der Waals surface area contributed by atoms with Gasteiger partial charge in [-0.3, -0.25) is 14.5 Å². The first-order chi connectivity index (χ1) is 18.4. The van der Waals surface area contributed by atoms with Crippen molar-refractivity contribution in [2.45, 2.75) is 12.5 Å². The highest BCUT2D eigenvalue weighted by Gasteiger charge is 2.32. The summed E-state index contributed by atoms with van der Waals surface area (Å²) in [6.07, 6.45) is 1.62. The molecule has 1 aromatic heterocycles. The van der Waals surface area contributed by atoms with Crippen LogP contribution in [0.3, 0.4) is 0 Å². The molecule has 0 fully saturated rings. The molecule has 0 radical (unpaired) electrons. The van der Waals surface area contributed by atoms with Crippen LogP contribution in [0.2, 0.25) is 0 Å². The van der Waals surface area contributed by atoms with E-state index in [2.05, 4.69) is 20.0 Å². The van der Waals surface area contributed by atoms with Crippen molar-refractivity contribution in [1.82, 2.24) is 15.0 Å². The van der Waals surface area contributed by atoms with Gasteiger partial charge in [0, 0.05) is 0 Å². The van der Waals surface area contributed by atoms with E-state index in [1.54, 1.807) is 61.7 Å². The molecule has 1 aliphatic rings. The number of carbonyl (C=O) groups excluding carboxylic acids is 1. The van der Waals surface area contributed by atoms with E-state index in [1.165, 1.54) is 33.8 Å². The molecule has 0 bridgehead atoms. The van der Waals surface area contributed by atoms with Gasteiger partial charge in [0.25, 0.3) is 11.5 Å². The first-order valence-corrected chi connectivity index (χ1v) is 12.2. The Hall–Kier alpha value is -4.58. The van der Waals surface area contributed by atoms with Crippen molar-refractivity contribution in [2.75, 3.05) is 12.0 Å². The number of halogens is 2. The first-order valence-electron chi connectivity index (χ1n) is 11.2. The van der Waals surface area contributed by atoms with Crippen molar-refractivity contribution < 1.29 is 23.0 Å². The summed E-state index contributed by atoms with van der Waals surface area (Å²) in [5.41, 5.74) is 1.41. The number of hydrogen-bond donors (Lipinski definition) is 0. The van der Waals surface area contributed by atoms with Gasteiger partial charge in [-0.1, -0.05) is 41.2 Å². The Morgan fingerprint density at radius 2 is 1.68 bits per heavy atom. The van der Waals surface area contributed by atoms with Gasteiger partial charge in [-0.2, -0.15) is 13.5 Å². The van der Waals surface area contributed by atoms with E-state index in [4.69, 9.17) is 4.74 Å². The van der Waals surface area contributed by atoms with Gasteiger partial charge in [0.2, 0.25) is 0 Å². The Morgan fingerprint density at radius 3 is 2.39 bits per heavy atom. The van der Waals surface area contributed by atoms with Gasteiger partial charge in [0.1, 0.15) is 22.7 Å². The van der Waals surface area contributed by atoms with Gasteiger partial charge >= 0.3 is 6.61 Å². The highest BCUT2D eigenvalue weighted by molar-refractivity contribution is 8.13. The van der Waals surface area contributed by atoms with Crippen LogP contribution in [-0.2, 0) is 10.7 Å². The van der Waals surface area contributed by atoms with Crippen LogP contribution in [0.1, 0.15) is 5.56 Å². The highest BCUT2D eigenvalue weighted by atomic mass is 32.2. The van der Waals surface area contributed by atoms with Crippen molar-refractivity contribution in [2.24, 2.45) is 4.99 Å². The lowest BCUT2D eigenvalue weighted by Gasteiger charge is -2.18. The number of thioether (sulfide) groups is 1. The van der Waals surface area contributed by atoms with Crippen molar-refractivity contribution in [3.8, 4) is 11.5 Å². The van der Waals surface area contributed by atoms with Gasteiger partial charge in [-0.05, 0) is 60.2 Å². The minimum absolute atomic E-state index is 0.0294. The molecule has 0 aliphatic carbocycles. The number of hydrogen-bond acceptors (Lipinski definition) is 8. The van der Waals surface area contributed by atoms with E-state index in [-0.39, 0.29) is 28.1 Å². The summed E-state index contributed by atoms with van der Waals surface area (Å²) in [6.45, 7) is -2.97. The van der Waals surface area contributed by atoms with Gasteiger partial charge in [-0.25, -0.2) is 4.99 Å². The maximum Gasteiger partial charge on any atom is 0.387 e. The second-order valence-corrected chi connectivity index (χ2v) is 8.81. The Bertz CT molecular complexity index is 1610. The van der Waals surface area contributed by atoms with Crippen LogP contribution < -0.4 is 19.9 Å². The number of anilines is 1. The lowest BCUT2D eigenvalue weighted by molar-refractivity contribution is -0.113. The number of methoxy groups -OCH3 is 1. The highest BCUT2D eigenvalue weighted by Crippen LogP contribution is 2.31. The molecule has 3 aromatic carbocycles. The third kappa shape index (κ3) is 5.25. The Labute approximate surface area is 219 Å². The molecule has 0 atom stereocenters. The normalized spacial score (nSPS) is 14.4. The zero-order valence-electron chi connectivity index (χ0n) is 19.8. The van der Waals surface area contributed by atoms with E-state index in [9.17, 15) is 18.4 Å². The number of benzene rings is 3. The monoisotopic (exact) mass is 535 g/mol. The number of amides is 1. The average Bonchev–Trinajstić information content (AvgIpc) is 3.23. The summed E-state index contributed by atoms with van der Waals surface area (Å²) in [5.74, 6) is 0.220. The summed E-state index contributed by atoms with van der Waals surface area (Å²) in [6, 6.07) is 19.6. The maximum atomic E-state index is 13.4. The van der Waals surface area contributed by atoms with Crippen molar-refractivity contribution >= 4 is 45.5 Å². The van der Waals surface area contributed by atoms with Crippen molar-refractivity contribution in [3.05, 3.63) is 94.4 Å². The number of nitrogens with zero attached hydrogens (tertiary/aromatic N) is 5. The molecule has 4 aromatic rings. The predicted molar refractivity (Wildman–Crippen MR) is 140 cm³/mol. The third-order valence-electron chi connectivity index (χ3n) is 5.51. The quantitative estimate of drug-likeness (QED) is 0.321. The van der Waals surface area contributed by atoms with Gasteiger partial charge < -0.3 is 9.47 Å². The molecular weight excluding hydrogens is 516 g/mol. The first kappa shape index (κ1) is 25.1. The van der Waals surface area contributed by atoms with Crippen LogP contribution in [0.15, 0.2) is 88.3 Å². The molecule has 9 nitrogen and oxygen atoms in total. The number of aliphatic imine (C=N–C) groups is 1. The Balaban J connectivity index is 1.47. The van der Waals surface area contributed by atoms with E-state index in [0.717, 1.165) is 17.3 Å². The van der Waals surface area contributed by atoms with Crippen molar-refractivity contribution in [1.29, 1.82) is 0 Å². The van der Waals surface area contributed by atoms with E-state index >= 15 is 0 Å². The molecule has 5 rings (SSSR count). The van der Waals surface area contributed by atoms with E-state index < -0.39 is 12.5 Å². The number of aromatic nitrogens is 3. The summed E-state index contributed by atoms with van der Waals surface area (Å²) in [4.78, 5) is 32.1. The summed E-state index contributed by atoms with van der Waals surface area (Å²) < 4.78 is 35.9. The summed E-state index contributed by atoms with van der Waals surface area (Å²) >= 11 is 1.11. The van der Waals surface area contributed by atoms with Gasteiger partial charge in [0.15, 0.2) is 5.17 Å². The predicted octanol–water partition coefficient (Wildman–Crippen LogP) is 4.54. The second kappa shape index (κ2) is 10.8. The smallest absolute Gasteiger partial charge is 0.387 e. The topological polar surface area (TPSA) is 98.9 Å². The number of amidine groups is 1. The number of rotatable bonds is 7. The molecule has 192 valence electrons. The Morgan fingerprint density at radius 1 is 0.974 bits per heavy atom. The number of carbonyl (C=O) groups is 1. The molecule has 1 amide bonds. The molecule has 0 saturated heterocycles. The standard InChI is InChI=1S/C26H19F2N5O4S/c1-36-18-10-6-16(7-11-18)14-22-24(35)33(17-8-12-19(13-9-17)37-25(27)28)26(29-22)38-15-32-23(34)20-4-2-3-5-21(20)30-31-32/h2-14,25H,15H2,1H3/b22-14+. The molecule has 2 heterocycles. The number of alkyl halides is 2. The lowest BCUT2D eigenvalue weighted by atomic mass is 10.2. The fourth-order valence-corrected chi connectivity index (χ4v) is 4.57. The number of fused-ring (bicyclic) bond motifs is 1. The van der Waals surface area contributed by atoms with Gasteiger partial charge in [-0.15, -0.1) is 5.10 Å². The van der Waals surface area contributed by atoms with Crippen LogP contribution in [0.5, 0.6) is 11.5 Å². The molecule has 1 aliphatic heterocycles. The SMILES string of the molecule is COc1ccc(/C=C2/N=C(SCn3nnc4ccccc4c3=O)N(c3ccc(OC(F)F)cc3)C2=O)cc1. The van der Waals surface area contributed by atoms with E-state index in [0.29, 0.717) is 22.3 Å². The zero-order chi connectivity index (χ0) is 26.6. The maximum absolute atomic E-state index is 13.4. The molecular formula is C26H19F2N5O4S.